The lowest BCUT2D eigenvalue weighted by Crippen LogP contribution is -2.72. The third-order valence-electron chi connectivity index (χ3n) is 17.2. The molecule has 2 amide bonds. The number of rotatable bonds is 28. The van der Waals surface area contributed by atoms with Gasteiger partial charge in [-0.3, -0.25) is 14.1 Å². The maximum absolute atomic E-state index is 13.4. The second-order valence-corrected chi connectivity index (χ2v) is 25.2. The highest BCUT2D eigenvalue weighted by atomic mass is 32.3. The van der Waals surface area contributed by atoms with Gasteiger partial charge in [-0.05, 0) is 13.8 Å². The average Bonchev–Trinajstić information content (AvgIpc) is 0.766. The van der Waals surface area contributed by atoms with E-state index in [9.17, 15) is 135 Å². The summed E-state index contributed by atoms with van der Waals surface area (Å²) in [6.45, 7) is -4.26. The van der Waals surface area contributed by atoms with E-state index in [1.165, 1.54) is 13.8 Å². The van der Waals surface area contributed by atoms with Crippen LogP contribution in [0, 0.1) is 0 Å². The molecule has 7 saturated heterocycles. The maximum atomic E-state index is 13.4. The number of nitrogens with one attached hydrogen (secondary N) is 2. The van der Waals surface area contributed by atoms with Crippen molar-refractivity contribution in [2.45, 2.75) is 267 Å². The molecule has 0 spiro atoms. The molecule has 7 heterocycles. The van der Waals surface area contributed by atoms with Gasteiger partial charge in [-0.1, -0.05) is 0 Å². The fourth-order valence-corrected chi connectivity index (χ4v) is 12.2. The third-order valence-corrected chi connectivity index (χ3v) is 17.7. The molecule has 0 aromatic rings. The number of amides is 2. The minimum absolute atomic E-state index is 0.861. The second kappa shape index (κ2) is 35.2. The van der Waals surface area contributed by atoms with E-state index >= 15 is 0 Å². The van der Waals surface area contributed by atoms with Crippen molar-refractivity contribution in [2.24, 2.45) is 0 Å². The first-order chi connectivity index (χ1) is 45.6. The number of aliphatic hydroxyl groups excluding tert-OH is 22. The molecule has 39 atom stereocenters. The molecule has 7 aliphatic heterocycles. The molecule has 566 valence electrons. The summed E-state index contributed by atoms with van der Waals surface area (Å²) >= 11 is 0. The molecule has 25 N–H and O–H groups in total. The molecule has 0 aromatic carbocycles. The van der Waals surface area contributed by atoms with Gasteiger partial charge in [0.1, 0.15) is 183 Å². The molecule has 97 heavy (non-hydrogen) atoms. The zero-order valence-corrected chi connectivity index (χ0v) is 52.7. The van der Waals surface area contributed by atoms with Gasteiger partial charge in [-0.2, -0.15) is 8.42 Å². The highest BCUT2D eigenvalue weighted by Crippen LogP contribution is 2.40. The van der Waals surface area contributed by atoms with E-state index in [1.807, 2.05) is 0 Å². The molecule has 7 fully saturated rings. The van der Waals surface area contributed by atoms with Gasteiger partial charge in [0.15, 0.2) is 44.0 Å². The molecule has 44 nitrogen and oxygen atoms in total. The van der Waals surface area contributed by atoms with Gasteiger partial charge in [0.25, 0.3) is 0 Å². The van der Waals surface area contributed by atoms with E-state index in [4.69, 9.17) is 70.5 Å². The van der Waals surface area contributed by atoms with Crippen LogP contribution in [0.3, 0.4) is 0 Å². The first kappa shape index (κ1) is 81.7. The molecular formula is C52H90N2O42S. The van der Waals surface area contributed by atoms with Crippen molar-refractivity contribution in [2.75, 3.05) is 46.2 Å². The lowest BCUT2D eigenvalue weighted by atomic mass is 9.93. The number of aliphatic hydroxyl groups is 22. The van der Waals surface area contributed by atoms with Crippen molar-refractivity contribution in [3.05, 3.63) is 0 Å². The molecule has 7 aliphatic rings. The quantitative estimate of drug-likeness (QED) is 0.0324. The van der Waals surface area contributed by atoms with Crippen LogP contribution in [-0.2, 0) is 90.5 Å². The Morgan fingerprint density at radius 3 is 1.21 bits per heavy atom. The largest absolute Gasteiger partial charge is 0.397 e. The van der Waals surface area contributed by atoms with E-state index in [-0.39, 0.29) is 0 Å². The number of ether oxygens (including phenoxy) is 14. The summed E-state index contributed by atoms with van der Waals surface area (Å²) in [6.07, 6.45) is -78.1. The number of hydrogen-bond donors (Lipinski definition) is 25. The van der Waals surface area contributed by atoms with Crippen LogP contribution in [0.25, 0.3) is 0 Å². The summed E-state index contributed by atoms with van der Waals surface area (Å²) in [5.74, 6) is -2.07. The zero-order chi connectivity index (χ0) is 72.1. The number of hydrogen-bond acceptors (Lipinski definition) is 41. The van der Waals surface area contributed by atoms with Crippen molar-refractivity contribution >= 4 is 22.2 Å². The predicted octanol–water partition coefficient (Wildman–Crippen LogP) is -16.6. The Bertz CT molecular complexity index is 2570. The Labute approximate surface area is 550 Å². The van der Waals surface area contributed by atoms with Crippen molar-refractivity contribution in [1.29, 1.82) is 0 Å². The summed E-state index contributed by atoms with van der Waals surface area (Å²) in [6, 6.07) is -4.14. The Hall–Kier alpha value is -2.63. The van der Waals surface area contributed by atoms with Gasteiger partial charge in [-0.25, -0.2) is 4.18 Å². The Morgan fingerprint density at radius 1 is 0.392 bits per heavy atom. The zero-order valence-electron chi connectivity index (χ0n) is 51.9. The predicted molar refractivity (Wildman–Crippen MR) is 297 cm³/mol. The average molecular weight is 1450 g/mol. The monoisotopic (exact) mass is 1450 g/mol. The molecular weight excluding hydrogens is 1360 g/mol. The molecule has 0 aromatic heterocycles. The summed E-state index contributed by atoms with van der Waals surface area (Å²) in [4.78, 5) is 26.5. The van der Waals surface area contributed by atoms with Crippen LogP contribution in [-0.4, -0.2) is 423 Å². The molecule has 7 rings (SSSR count). The van der Waals surface area contributed by atoms with E-state index in [2.05, 4.69) is 10.6 Å². The lowest BCUT2D eigenvalue weighted by Gasteiger charge is -2.52. The van der Waals surface area contributed by atoms with Gasteiger partial charge >= 0.3 is 10.4 Å². The molecule has 0 bridgehead atoms. The first-order valence-corrected chi connectivity index (χ1v) is 31.8. The first-order valence-electron chi connectivity index (χ1n) is 30.4. The van der Waals surface area contributed by atoms with Crippen molar-refractivity contribution < 1.29 is 205 Å². The highest BCUT2D eigenvalue weighted by Gasteiger charge is 2.61. The minimum atomic E-state index is -5.61. The van der Waals surface area contributed by atoms with Gasteiger partial charge < -0.3 is 189 Å². The Kier molecular flexibility index (Phi) is 29.7. The molecule has 0 unspecified atom stereocenters. The van der Waals surface area contributed by atoms with Crippen molar-refractivity contribution in [3.63, 3.8) is 0 Å². The fourth-order valence-electron chi connectivity index (χ4n) is 11.9. The van der Waals surface area contributed by atoms with Crippen LogP contribution >= 0.6 is 0 Å². The molecule has 0 radical (unpaired) electrons. The number of carbonyl (C=O) groups excluding carboxylic acids is 2. The topological polar surface area (TPSA) is 696 Å². The van der Waals surface area contributed by atoms with Crippen LogP contribution < -0.4 is 10.6 Å². The summed E-state index contributed by atoms with van der Waals surface area (Å²) in [5, 5.41) is 244. The maximum Gasteiger partial charge on any atom is 0.397 e. The van der Waals surface area contributed by atoms with E-state index in [0.717, 1.165) is 13.8 Å². The summed E-state index contributed by atoms with van der Waals surface area (Å²) in [5.41, 5.74) is 0. The Balaban J connectivity index is 1.27. The smallest absolute Gasteiger partial charge is 0.394 e. The SMILES string of the molecule is CC(=O)N[C@H]1[C@H](O[C@H]2[C@@H](O)[C@@H](CO)O[C@@H](O[C@@H]([C@H](O)[C@@H](O)CO)[C@H](O)CO)[C@@H]2O)O[C@H](COS(=O)(=O)O)[C@@H](O[C@@H]2O[C@H](CO)[C@H](O)[C@H](O[C@@H]3O[C@H](CO)[C@@H](O)[C@H](O[C@@H]4O[C@H](CO)[C@H](O)[C@H](O)[C@H]4O[C@@H]4O[C@@H](C)[C@@H](O)[C@@H](O)[C@@H]4O)[C@H]3NC(C)=O)[C@H]2O)[C@@H]1O[C@@H]1O[C@@H](C)[C@@H](O)[C@@H](O)[C@@H]1O. The molecule has 0 aliphatic carbocycles. The van der Waals surface area contributed by atoms with E-state index < -0.39 is 308 Å². The van der Waals surface area contributed by atoms with Crippen LogP contribution in [0.2, 0.25) is 0 Å². The molecule has 0 saturated carbocycles. The van der Waals surface area contributed by atoms with E-state index in [0.29, 0.717) is 0 Å². The second-order valence-electron chi connectivity index (χ2n) is 24.1. The van der Waals surface area contributed by atoms with Gasteiger partial charge in [0.2, 0.25) is 11.8 Å². The standard InChI is InChI=1S/C52H90N2O42S/c1-12-25(65)32(72)35(75)48(83-12)93-42-24(54-15(4)62)47(95-43-30(70)20(9-59)86-50(37(43)77)90-39(17(64)6-56)27(67)16(63)5-55)89-22(11-82-97(79,80)81)40(42)91-51-38(78)44(31(71)21(10-60)87-51)94-46-23(53-14(3)61)41(29(69)19(8-58)85-46)92-52-45(34(74)28(68)18(7-57)88-52)96-49-36(76)33(73)26(66)13(2)84-49/h12-13,16-52,55-60,63-78H,5-11H2,1-4H3,(H,53,61)(H,54,62)(H,79,80,81)/t12-,13-,16-,17+,18+,19+,20+,21+,22+,23+,24+,25+,26+,27+,28-,29+,30-,31-,32+,33+,34-,35-,36-,37+,38+,39+,40+,41+,42+,43-,44-,45+,46-,47-,48-,49-,50-,51-,52-/m0/s1. The number of carbonyl (C=O) groups is 2. The van der Waals surface area contributed by atoms with Crippen LogP contribution in [0.5, 0.6) is 0 Å². The van der Waals surface area contributed by atoms with Gasteiger partial charge in [0.05, 0.1) is 58.5 Å². The highest BCUT2D eigenvalue weighted by molar-refractivity contribution is 7.80. The van der Waals surface area contributed by atoms with Crippen LogP contribution in [0.1, 0.15) is 27.7 Å². The van der Waals surface area contributed by atoms with E-state index in [1.54, 1.807) is 0 Å². The summed E-state index contributed by atoms with van der Waals surface area (Å²) < 4.78 is 122. The molecule has 45 heteroatoms. The van der Waals surface area contributed by atoms with Gasteiger partial charge in [-0.15, -0.1) is 0 Å². The van der Waals surface area contributed by atoms with Crippen LogP contribution in [0.15, 0.2) is 0 Å². The lowest BCUT2D eigenvalue weighted by molar-refractivity contribution is -0.397. The minimum Gasteiger partial charge on any atom is -0.394 e. The van der Waals surface area contributed by atoms with Crippen LogP contribution in [0.4, 0.5) is 0 Å². The third kappa shape index (κ3) is 18.8. The van der Waals surface area contributed by atoms with Crippen molar-refractivity contribution in [1.82, 2.24) is 10.6 Å². The summed E-state index contributed by atoms with van der Waals surface area (Å²) in [7, 11) is -5.61. The normalized spacial score (nSPS) is 46.7. The Morgan fingerprint density at radius 2 is 0.753 bits per heavy atom. The van der Waals surface area contributed by atoms with Crippen molar-refractivity contribution in [3.8, 4) is 0 Å². The van der Waals surface area contributed by atoms with Gasteiger partial charge in [0, 0.05) is 13.8 Å². The fraction of sp³-hybridized carbons (Fsp3) is 0.962.